The third-order valence-electron chi connectivity index (χ3n) is 3.44. The van der Waals surface area contributed by atoms with Gasteiger partial charge < -0.3 is 15.0 Å². The SMILES string of the molecule is CC(C)[C@H](NC(=O)OC(C)(C)C)C(=O)N1CCC[C@H]1C. The molecule has 0 unspecified atom stereocenters. The van der Waals surface area contributed by atoms with Gasteiger partial charge in [0.1, 0.15) is 11.6 Å². The molecule has 5 nitrogen and oxygen atoms in total. The zero-order valence-electron chi connectivity index (χ0n) is 13.5. The lowest BCUT2D eigenvalue weighted by molar-refractivity contribution is -0.135. The summed E-state index contributed by atoms with van der Waals surface area (Å²) in [6, 6.07) is -0.269. The first-order chi connectivity index (χ1) is 9.11. The Kier molecular flexibility index (Phi) is 5.42. The Morgan fingerprint density at radius 1 is 1.30 bits per heavy atom. The third kappa shape index (κ3) is 4.69. The number of alkyl carbamates (subject to hydrolysis) is 1. The van der Waals surface area contributed by atoms with Crippen LogP contribution in [0.4, 0.5) is 4.79 Å². The predicted molar refractivity (Wildman–Crippen MR) is 78.4 cm³/mol. The Morgan fingerprint density at radius 3 is 2.30 bits per heavy atom. The van der Waals surface area contributed by atoms with Gasteiger partial charge in [0.15, 0.2) is 0 Å². The molecule has 0 aliphatic carbocycles. The second-order valence-corrected chi connectivity index (χ2v) is 6.89. The summed E-state index contributed by atoms with van der Waals surface area (Å²) >= 11 is 0. The van der Waals surface area contributed by atoms with Gasteiger partial charge in [-0.2, -0.15) is 0 Å². The van der Waals surface area contributed by atoms with Crippen molar-refractivity contribution in [1.82, 2.24) is 10.2 Å². The summed E-state index contributed by atoms with van der Waals surface area (Å²) in [4.78, 5) is 26.3. The maximum atomic E-state index is 12.6. The van der Waals surface area contributed by atoms with Crippen LogP contribution in [0.15, 0.2) is 0 Å². The van der Waals surface area contributed by atoms with Crippen molar-refractivity contribution >= 4 is 12.0 Å². The van der Waals surface area contributed by atoms with Crippen molar-refractivity contribution in [3.8, 4) is 0 Å². The lowest BCUT2D eigenvalue weighted by Gasteiger charge is -2.30. The molecule has 2 amide bonds. The largest absolute Gasteiger partial charge is 0.444 e. The van der Waals surface area contributed by atoms with E-state index in [-0.39, 0.29) is 17.9 Å². The summed E-state index contributed by atoms with van der Waals surface area (Å²) in [6.45, 7) is 12.1. The van der Waals surface area contributed by atoms with Crippen molar-refractivity contribution in [2.45, 2.75) is 72.1 Å². The fourth-order valence-electron chi connectivity index (χ4n) is 2.39. The molecule has 0 spiro atoms. The molecule has 0 bridgehead atoms. The molecule has 1 N–H and O–H groups in total. The molecule has 0 aromatic heterocycles. The van der Waals surface area contributed by atoms with Crippen molar-refractivity contribution in [2.75, 3.05) is 6.54 Å². The number of nitrogens with one attached hydrogen (secondary N) is 1. The van der Waals surface area contributed by atoms with E-state index in [0.717, 1.165) is 19.4 Å². The zero-order chi connectivity index (χ0) is 15.5. The van der Waals surface area contributed by atoms with E-state index >= 15 is 0 Å². The Hall–Kier alpha value is -1.26. The van der Waals surface area contributed by atoms with Gasteiger partial charge in [-0.3, -0.25) is 4.79 Å². The first kappa shape index (κ1) is 16.8. The van der Waals surface area contributed by atoms with Crippen LogP contribution in [0.25, 0.3) is 0 Å². The van der Waals surface area contributed by atoms with Crippen LogP contribution in [0.5, 0.6) is 0 Å². The number of hydrogen-bond donors (Lipinski definition) is 1. The van der Waals surface area contributed by atoms with E-state index in [1.807, 2.05) is 18.7 Å². The highest BCUT2D eigenvalue weighted by Gasteiger charge is 2.34. The number of carbonyl (C=O) groups is 2. The number of carbonyl (C=O) groups excluding carboxylic acids is 2. The molecular formula is C15H28N2O3. The highest BCUT2D eigenvalue weighted by Crippen LogP contribution is 2.19. The van der Waals surface area contributed by atoms with Gasteiger partial charge in [-0.25, -0.2) is 4.79 Å². The molecule has 2 atom stereocenters. The van der Waals surface area contributed by atoms with E-state index in [1.54, 1.807) is 20.8 Å². The molecule has 1 aliphatic rings. The van der Waals surface area contributed by atoms with Gasteiger partial charge in [0, 0.05) is 12.6 Å². The van der Waals surface area contributed by atoms with E-state index in [9.17, 15) is 9.59 Å². The van der Waals surface area contributed by atoms with Gasteiger partial charge in [0.05, 0.1) is 0 Å². The third-order valence-corrected chi connectivity index (χ3v) is 3.44. The van der Waals surface area contributed by atoms with Crippen molar-refractivity contribution in [3.63, 3.8) is 0 Å². The lowest BCUT2D eigenvalue weighted by Crippen LogP contribution is -2.52. The molecule has 1 heterocycles. The highest BCUT2D eigenvalue weighted by atomic mass is 16.6. The molecule has 5 heteroatoms. The van der Waals surface area contributed by atoms with Crippen LogP contribution in [0, 0.1) is 5.92 Å². The molecule has 0 aromatic carbocycles. The van der Waals surface area contributed by atoms with E-state index in [1.165, 1.54) is 0 Å². The van der Waals surface area contributed by atoms with Crippen molar-refractivity contribution in [1.29, 1.82) is 0 Å². The number of amides is 2. The lowest BCUT2D eigenvalue weighted by atomic mass is 10.0. The summed E-state index contributed by atoms with van der Waals surface area (Å²) in [5.74, 6) is 0.0266. The van der Waals surface area contributed by atoms with Crippen LogP contribution >= 0.6 is 0 Å². The normalized spacial score (nSPS) is 20.9. The first-order valence-corrected chi connectivity index (χ1v) is 7.42. The topological polar surface area (TPSA) is 58.6 Å². The van der Waals surface area contributed by atoms with E-state index < -0.39 is 17.7 Å². The average molecular weight is 284 g/mol. The zero-order valence-corrected chi connectivity index (χ0v) is 13.5. The monoisotopic (exact) mass is 284 g/mol. The summed E-state index contributed by atoms with van der Waals surface area (Å²) in [6.07, 6.45) is 1.53. The molecule has 0 aromatic rings. The summed E-state index contributed by atoms with van der Waals surface area (Å²) in [7, 11) is 0. The molecular weight excluding hydrogens is 256 g/mol. The maximum Gasteiger partial charge on any atom is 0.408 e. The molecule has 1 saturated heterocycles. The van der Waals surface area contributed by atoms with Crippen LogP contribution in [0.1, 0.15) is 54.4 Å². The standard InChI is InChI=1S/C15H28N2O3/c1-10(2)12(16-14(19)20-15(4,5)6)13(18)17-9-7-8-11(17)3/h10-12H,7-9H2,1-6H3,(H,16,19)/t11-,12+/m1/s1. The number of likely N-dealkylation sites (tertiary alicyclic amines) is 1. The minimum atomic E-state index is -0.560. The van der Waals surface area contributed by atoms with Gasteiger partial charge in [-0.05, 0) is 46.5 Å². The number of hydrogen-bond acceptors (Lipinski definition) is 3. The quantitative estimate of drug-likeness (QED) is 0.866. The minimum absolute atomic E-state index is 0.00383. The average Bonchev–Trinajstić information content (AvgIpc) is 2.68. The number of ether oxygens (including phenoxy) is 1. The van der Waals surface area contributed by atoms with Crippen LogP contribution in [0.2, 0.25) is 0 Å². The van der Waals surface area contributed by atoms with Gasteiger partial charge in [-0.15, -0.1) is 0 Å². The smallest absolute Gasteiger partial charge is 0.408 e. The van der Waals surface area contributed by atoms with E-state index in [4.69, 9.17) is 4.74 Å². The van der Waals surface area contributed by atoms with Gasteiger partial charge in [0.25, 0.3) is 0 Å². The molecule has 0 saturated carbocycles. The molecule has 20 heavy (non-hydrogen) atoms. The van der Waals surface area contributed by atoms with Gasteiger partial charge >= 0.3 is 6.09 Å². The van der Waals surface area contributed by atoms with Crippen molar-refractivity contribution in [3.05, 3.63) is 0 Å². The molecule has 0 radical (unpaired) electrons. The second-order valence-electron chi connectivity index (χ2n) is 6.89. The fraction of sp³-hybridized carbons (Fsp3) is 0.867. The molecule has 1 fully saturated rings. The summed E-state index contributed by atoms with van der Waals surface area (Å²) < 4.78 is 5.24. The Labute approximate surface area is 122 Å². The highest BCUT2D eigenvalue weighted by molar-refractivity contribution is 5.86. The summed E-state index contributed by atoms with van der Waals surface area (Å²) in [5, 5.41) is 2.72. The van der Waals surface area contributed by atoms with E-state index in [0.29, 0.717) is 0 Å². The molecule has 1 aliphatic heterocycles. The van der Waals surface area contributed by atoms with E-state index in [2.05, 4.69) is 12.2 Å². The first-order valence-electron chi connectivity index (χ1n) is 7.42. The maximum absolute atomic E-state index is 12.6. The van der Waals surface area contributed by atoms with Crippen molar-refractivity contribution in [2.24, 2.45) is 5.92 Å². The Bertz CT molecular complexity index is 361. The Morgan fingerprint density at radius 2 is 1.90 bits per heavy atom. The predicted octanol–water partition coefficient (Wildman–Crippen LogP) is 2.55. The molecule has 1 rings (SSSR count). The minimum Gasteiger partial charge on any atom is -0.444 e. The number of nitrogens with zero attached hydrogens (tertiary/aromatic N) is 1. The Balaban J connectivity index is 2.69. The van der Waals surface area contributed by atoms with Crippen LogP contribution < -0.4 is 5.32 Å². The van der Waals surface area contributed by atoms with Crippen LogP contribution in [0.3, 0.4) is 0 Å². The van der Waals surface area contributed by atoms with Crippen LogP contribution in [-0.4, -0.2) is 41.1 Å². The summed E-state index contributed by atoms with van der Waals surface area (Å²) in [5.41, 5.74) is -0.560. The van der Waals surface area contributed by atoms with Crippen LogP contribution in [-0.2, 0) is 9.53 Å². The number of rotatable bonds is 3. The van der Waals surface area contributed by atoms with Gasteiger partial charge in [0.2, 0.25) is 5.91 Å². The fourth-order valence-corrected chi connectivity index (χ4v) is 2.39. The second kappa shape index (κ2) is 6.46. The molecule has 116 valence electrons. The van der Waals surface area contributed by atoms with Gasteiger partial charge in [-0.1, -0.05) is 13.8 Å². The van der Waals surface area contributed by atoms with Crippen molar-refractivity contribution < 1.29 is 14.3 Å².